The van der Waals surface area contributed by atoms with Gasteiger partial charge in [-0.1, -0.05) is 30.3 Å². The zero-order chi connectivity index (χ0) is 37.1. The minimum atomic E-state index is -5.03. The van der Waals surface area contributed by atoms with Gasteiger partial charge >= 0.3 is 12.3 Å². The summed E-state index contributed by atoms with van der Waals surface area (Å²) in [5.41, 5.74) is -0.391. The van der Waals surface area contributed by atoms with Crippen LogP contribution in [0.15, 0.2) is 65.6 Å². The maximum atomic E-state index is 14.8. The van der Waals surface area contributed by atoms with E-state index in [2.05, 4.69) is 30.9 Å². The molecule has 4 N–H and O–H groups in total. The van der Waals surface area contributed by atoms with E-state index in [4.69, 9.17) is 9.47 Å². The van der Waals surface area contributed by atoms with Crippen molar-refractivity contribution in [2.24, 2.45) is 0 Å². The summed E-state index contributed by atoms with van der Waals surface area (Å²) in [4.78, 5) is 10.3. The normalized spacial score (nSPS) is 18.5. The standard InChI is InChI=1S/C35H40F3N7O6S/c1-50-26-11-3-22(4-12-26)19-40-52(48,49)31-29(35(36,37)38)16-15-28(24-7-9-25(10-8-24)39-21-34(17-18-34)41-33(46)47)30(31)32-42-43-44-45(32)20-23-5-13-27(51-2)14-6-23/h3-6,11-16,24-25,39-41H,7-10,17-21H2,1-2H3,(H,46,47). The van der Waals surface area contributed by atoms with Gasteiger partial charge in [-0.25, -0.2) is 22.6 Å². The second-order valence-electron chi connectivity index (χ2n) is 13.2. The van der Waals surface area contributed by atoms with Gasteiger partial charge in [-0.3, -0.25) is 0 Å². The summed E-state index contributed by atoms with van der Waals surface area (Å²) in [6, 6.07) is 15.7. The largest absolute Gasteiger partial charge is 0.497 e. The van der Waals surface area contributed by atoms with Crippen LogP contribution >= 0.6 is 0 Å². The first-order valence-electron chi connectivity index (χ1n) is 16.8. The number of tetrazole rings is 1. The van der Waals surface area contributed by atoms with E-state index in [9.17, 15) is 31.5 Å². The molecule has 1 heterocycles. The maximum absolute atomic E-state index is 14.8. The van der Waals surface area contributed by atoms with Gasteiger partial charge in [0.25, 0.3) is 0 Å². The van der Waals surface area contributed by atoms with Crippen molar-refractivity contribution in [3.05, 3.63) is 82.9 Å². The summed E-state index contributed by atoms with van der Waals surface area (Å²) in [6.45, 7) is 0.241. The smallest absolute Gasteiger partial charge is 0.417 e. The number of hydrogen-bond donors (Lipinski definition) is 4. The molecule has 17 heteroatoms. The van der Waals surface area contributed by atoms with E-state index < -0.39 is 38.3 Å². The lowest BCUT2D eigenvalue weighted by atomic mass is 9.79. The van der Waals surface area contributed by atoms with E-state index >= 15 is 0 Å². The number of methoxy groups -OCH3 is 2. The van der Waals surface area contributed by atoms with Crippen molar-refractivity contribution < 1.29 is 41.0 Å². The Labute approximate surface area is 299 Å². The fourth-order valence-corrected chi connectivity index (χ4v) is 8.18. The molecular weight excluding hydrogens is 703 g/mol. The SMILES string of the molecule is COc1ccc(CNS(=O)(=O)c2c(C(F)(F)F)ccc(C3CCC(NCC4(NC(=O)O)CC4)CC3)c2-c2nnnn2Cc2ccc(OC)cc2)cc1. The van der Waals surface area contributed by atoms with Crippen molar-refractivity contribution in [1.29, 1.82) is 0 Å². The Hall–Kier alpha value is -4.74. The highest BCUT2D eigenvalue weighted by molar-refractivity contribution is 7.89. The van der Waals surface area contributed by atoms with E-state index in [0.717, 1.165) is 18.9 Å². The molecule has 2 aliphatic carbocycles. The molecule has 6 rings (SSSR count). The minimum Gasteiger partial charge on any atom is -0.497 e. The second kappa shape index (κ2) is 15.1. The van der Waals surface area contributed by atoms with Gasteiger partial charge in [-0.05, 0) is 102 Å². The Bertz CT molecular complexity index is 1980. The Kier molecular flexibility index (Phi) is 10.7. The highest BCUT2D eigenvalue weighted by atomic mass is 32.2. The third-order valence-corrected chi connectivity index (χ3v) is 11.2. The zero-order valence-corrected chi connectivity index (χ0v) is 29.4. The van der Waals surface area contributed by atoms with Crippen molar-refractivity contribution >= 4 is 16.1 Å². The van der Waals surface area contributed by atoms with Crippen LogP contribution in [0, 0.1) is 0 Å². The second-order valence-corrected chi connectivity index (χ2v) is 14.9. The molecule has 2 saturated carbocycles. The molecule has 4 aromatic rings. The number of amides is 1. The number of sulfonamides is 1. The van der Waals surface area contributed by atoms with Gasteiger partial charge in [0.05, 0.1) is 31.9 Å². The summed E-state index contributed by atoms with van der Waals surface area (Å²) < 4.78 is 87.0. The first-order chi connectivity index (χ1) is 24.8. The van der Waals surface area contributed by atoms with E-state index in [1.165, 1.54) is 25.0 Å². The van der Waals surface area contributed by atoms with Crippen molar-refractivity contribution in [2.75, 3.05) is 20.8 Å². The molecule has 0 atom stereocenters. The van der Waals surface area contributed by atoms with Crippen LogP contribution in [0.2, 0.25) is 0 Å². The number of halogens is 3. The summed E-state index contributed by atoms with van der Waals surface area (Å²) in [5, 5.41) is 27.3. The number of ether oxygens (including phenoxy) is 2. The Balaban J connectivity index is 1.38. The number of hydrogen-bond acceptors (Lipinski definition) is 9. The van der Waals surface area contributed by atoms with Crippen LogP contribution in [0.25, 0.3) is 11.4 Å². The lowest BCUT2D eigenvalue weighted by molar-refractivity contribution is -0.139. The number of aromatic nitrogens is 4. The number of benzene rings is 3. The molecule has 278 valence electrons. The van der Waals surface area contributed by atoms with E-state index in [-0.39, 0.29) is 36.4 Å². The quantitative estimate of drug-likeness (QED) is 0.133. The molecule has 2 aliphatic rings. The fraction of sp³-hybridized carbons (Fsp3) is 0.429. The average molecular weight is 744 g/mol. The van der Waals surface area contributed by atoms with Crippen LogP contribution in [0.1, 0.15) is 66.7 Å². The van der Waals surface area contributed by atoms with Crippen LogP contribution in [-0.2, 0) is 29.3 Å². The highest BCUT2D eigenvalue weighted by Gasteiger charge is 2.45. The molecule has 1 aromatic heterocycles. The fourth-order valence-electron chi connectivity index (χ4n) is 6.73. The molecule has 0 saturated heterocycles. The third-order valence-electron chi connectivity index (χ3n) is 9.76. The highest BCUT2D eigenvalue weighted by Crippen LogP contribution is 2.46. The Morgan fingerprint density at radius 1 is 0.942 bits per heavy atom. The number of nitrogens with zero attached hydrogens (tertiary/aromatic N) is 4. The monoisotopic (exact) mass is 743 g/mol. The molecule has 1 amide bonds. The minimum absolute atomic E-state index is 0.0452. The summed E-state index contributed by atoms with van der Waals surface area (Å²) >= 11 is 0. The van der Waals surface area contributed by atoms with Gasteiger partial charge in [-0.2, -0.15) is 13.2 Å². The van der Waals surface area contributed by atoms with Gasteiger partial charge < -0.3 is 25.2 Å². The Morgan fingerprint density at radius 3 is 2.12 bits per heavy atom. The lowest BCUT2D eigenvalue weighted by Crippen LogP contribution is -2.47. The van der Waals surface area contributed by atoms with Gasteiger partial charge in [0.15, 0.2) is 5.82 Å². The third kappa shape index (κ3) is 8.48. The van der Waals surface area contributed by atoms with Crippen molar-refractivity contribution in [3.63, 3.8) is 0 Å². The van der Waals surface area contributed by atoms with E-state index in [1.807, 2.05) is 0 Å². The molecule has 0 bridgehead atoms. The molecule has 13 nitrogen and oxygen atoms in total. The van der Waals surface area contributed by atoms with Crippen LogP contribution in [0.4, 0.5) is 18.0 Å². The maximum Gasteiger partial charge on any atom is 0.417 e. The summed E-state index contributed by atoms with van der Waals surface area (Å²) in [6.07, 6.45) is -2.27. The topological polar surface area (TPSA) is 170 Å². The van der Waals surface area contributed by atoms with Crippen LogP contribution in [0.5, 0.6) is 11.5 Å². The van der Waals surface area contributed by atoms with Gasteiger partial charge in [0, 0.05) is 24.7 Å². The molecule has 0 spiro atoms. The van der Waals surface area contributed by atoms with Gasteiger partial charge in [-0.15, -0.1) is 5.10 Å². The van der Waals surface area contributed by atoms with Crippen LogP contribution in [-0.4, -0.2) is 72.2 Å². The predicted molar refractivity (Wildman–Crippen MR) is 183 cm³/mol. The number of alkyl halides is 3. The van der Waals surface area contributed by atoms with Gasteiger partial charge in [0.1, 0.15) is 16.4 Å². The lowest BCUT2D eigenvalue weighted by Gasteiger charge is -2.32. The molecule has 0 unspecified atom stereocenters. The molecule has 52 heavy (non-hydrogen) atoms. The van der Waals surface area contributed by atoms with Gasteiger partial charge in [0.2, 0.25) is 10.0 Å². The average Bonchev–Trinajstić information content (AvgIpc) is 3.74. The molecule has 3 aromatic carbocycles. The Morgan fingerprint density at radius 2 is 1.56 bits per heavy atom. The zero-order valence-electron chi connectivity index (χ0n) is 28.6. The number of nitrogens with one attached hydrogen (secondary N) is 3. The van der Waals surface area contributed by atoms with Crippen LogP contribution in [0.3, 0.4) is 0 Å². The van der Waals surface area contributed by atoms with Crippen molar-refractivity contribution in [2.45, 2.75) is 80.2 Å². The first kappa shape index (κ1) is 37.0. The van der Waals surface area contributed by atoms with Crippen molar-refractivity contribution in [3.8, 4) is 22.9 Å². The number of rotatable bonds is 14. The molecule has 0 aliphatic heterocycles. The first-order valence-corrected chi connectivity index (χ1v) is 18.3. The van der Waals surface area contributed by atoms with E-state index in [0.29, 0.717) is 60.4 Å². The van der Waals surface area contributed by atoms with Crippen LogP contribution < -0.4 is 24.8 Å². The summed E-state index contributed by atoms with van der Waals surface area (Å²) in [5.74, 6) is 0.715. The van der Waals surface area contributed by atoms with Crippen molar-refractivity contribution in [1.82, 2.24) is 35.6 Å². The number of carboxylic acid groups (broad SMARTS) is 1. The molecule has 0 radical (unpaired) electrons. The van der Waals surface area contributed by atoms with E-state index in [1.54, 1.807) is 48.5 Å². The molecular formula is C35H40F3N7O6S. The predicted octanol–water partition coefficient (Wildman–Crippen LogP) is 5.32. The summed E-state index contributed by atoms with van der Waals surface area (Å²) in [7, 11) is -1.83. The molecule has 2 fully saturated rings. The number of carbonyl (C=O) groups is 1.